The molecule has 2 amide bonds. The Labute approximate surface area is 191 Å². The molecule has 186 valence electrons. The number of nitrogens with one attached hydrogen (secondary N) is 1. The summed E-state index contributed by atoms with van der Waals surface area (Å²) in [5.74, 6) is -2.90. The van der Waals surface area contributed by atoms with Crippen molar-refractivity contribution in [1.82, 2.24) is 10.3 Å². The third kappa shape index (κ3) is 7.14. The van der Waals surface area contributed by atoms with Crippen LogP contribution in [0.1, 0.15) is 63.4 Å². The van der Waals surface area contributed by atoms with E-state index >= 15 is 0 Å². The second-order valence-corrected chi connectivity index (χ2v) is 10.5. The van der Waals surface area contributed by atoms with Crippen LogP contribution in [0.5, 0.6) is 5.75 Å². The number of amidine groups is 1. The number of carbonyl (C=O) groups is 2. The summed E-state index contributed by atoms with van der Waals surface area (Å²) in [6.45, 7) is 3.22. The standard InChI is InChI=1S/C20H27F3N4O5S.H2/c1-11(20(21,22)23)32-16-8-15(25-9-14(16)13-6-5-7-13)17(29)27-19(3,10-33(4,30)31)18(24)26-12(2)28;/h8-9,11,13H,5-7,10H2,1-4H3,(H,27,29)(H2,24,26,28);1H/t11-,19?;/m0./s1. The number of sulfone groups is 1. The van der Waals surface area contributed by atoms with Crippen molar-refractivity contribution in [2.45, 2.75) is 63.8 Å². The topological polar surface area (TPSA) is 141 Å². The van der Waals surface area contributed by atoms with Gasteiger partial charge in [0.1, 0.15) is 32.7 Å². The molecule has 9 nitrogen and oxygen atoms in total. The molecular weight excluding hydrogens is 465 g/mol. The largest absolute Gasteiger partial charge is 0.481 e. The number of amides is 2. The van der Waals surface area contributed by atoms with Crippen LogP contribution in [0.15, 0.2) is 17.3 Å². The van der Waals surface area contributed by atoms with Crippen LogP contribution >= 0.6 is 0 Å². The molecule has 1 heterocycles. The lowest BCUT2D eigenvalue weighted by Crippen LogP contribution is -2.59. The Morgan fingerprint density at radius 1 is 1.39 bits per heavy atom. The highest BCUT2D eigenvalue weighted by atomic mass is 32.2. The smallest absolute Gasteiger partial charge is 0.425 e. The van der Waals surface area contributed by atoms with E-state index in [1.54, 1.807) is 0 Å². The van der Waals surface area contributed by atoms with E-state index in [0.717, 1.165) is 45.4 Å². The van der Waals surface area contributed by atoms with Crippen LogP contribution in [-0.4, -0.2) is 60.9 Å². The number of hydrogen-bond donors (Lipinski definition) is 2. The molecule has 1 unspecified atom stereocenters. The van der Waals surface area contributed by atoms with Crippen molar-refractivity contribution in [2.75, 3.05) is 12.0 Å². The Morgan fingerprint density at radius 3 is 2.45 bits per heavy atom. The normalized spacial score (nSPS) is 18.1. The fraction of sp³-hybridized carbons (Fsp3) is 0.600. The van der Waals surface area contributed by atoms with Gasteiger partial charge in [0.25, 0.3) is 5.91 Å². The van der Waals surface area contributed by atoms with Crippen molar-refractivity contribution in [2.24, 2.45) is 10.7 Å². The summed E-state index contributed by atoms with van der Waals surface area (Å²) in [4.78, 5) is 31.8. The monoisotopic (exact) mass is 494 g/mol. The van der Waals surface area contributed by atoms with Gasteiger partial charge in [0.15, 0.2) is 6.10 Å². The molecule has 1 saturated carbocycles. The van der Waals surface area contributed by atoms with Gasteiger partial charge in [-0.3, -0.25) is 14.6 Å². The van der Waals surface area contributed by atoms with Gasteiger partial charge < -0.3 is 15.8 Å². The molecule has 33 heavy (non-hydrogen) atoms. The summed E-state index contributed by atoms with van der Waals surface area (Å²) in [5, 5.41) is 2.39. The number of carbonyl (C=O) groups excluding carboxylic acids is 2. The van der Waals surface area contributed by atoms with Crippen molar-refractivity contribution in [3.05, 3.63) is 23.5 Å². The zero-order chi connectivity index (χ0) is 25.2. The SMILES string of the molecule is CC(=O)N=C(N)C(C)(CS(C)(=O)=O)NC(=O)c1cc(O[C@@H](C)C(F)(F)F)c(C2CCC2)cn1.[HH]. The number of pyridine rings is 1. The minimum Gasteiger partial charge on any atom is -0.481 e. The average Bonchev–Trinajstić information content (AvgIpc) is 2.58. The molecule has 1 fully saturated rings. The molecule has 0 saturated heterocycles. The van der Waals surface area contributed by atoms with Gasteiger partial charge in [-0.05, 0) is 32.6 Å². The Hall–Kier alpha value is -2.70. The molecule has 1 aliphatic carbocycles. The number of aliphatic imine (C=N–C) groups is 1. The molecule has 0 aliphatic heterocycles. The van der Waals surface area contributed by atoms with Crippen molar-refractivity contribution < 1.29 is 37.3 Å². The van der Waals surface area contributed by atoms with Crippen molar-refractivity contribution in [3.8, 4) is 5.75 Å². The molecule has 13 heteroatoms. The first-order valence-electron chi connectivity index (χ1n) is 10.1. The minimum absolute atomic E-state index is 0. The summed E-state index contributed by atoms with van der Waals surface area (Å²) in [5.41, 5.74) is 4.18. The van der Waals surface area contributed by atoms with Crippen LogP contribution in [-0.2, 0) is 14.6 Å². The third-order valence-corrected chi connectivity index (χ3v) is 6.32. The van der Waals surface area contributed by atoms with E-state index in [4.69, 9.17) is 10.5 Å². The van der Waals surface area contributed by atoms with E-state index in [2.05, 4.69) is 15.3 Å². The fourth-order valence-electron chi connectivity index (χ4n) is 3.26. The molecule has 1 aromatic heterocycles. The molecule has 2 atom stereocenters. The lowest BCUT2D eigenvalue weighted by molar-refractivity contribution is -0.189. The molecule has 2 rings (SSSR count). The first-order chi connectivity index (χ1) is 15.0. The maximum atomic E-state index is 13.1. The number of aromatic nitrogens is 1. The first kappa shape index (κ1) is 26.6. The predicted octanol–water partition coefficient (Wildman–Crippen LogP) is 2.36. The highest BCUT2D eigenvalue weighted by molar-refractivity contribution is 7.90. The van der Waals surface area contributed by atoms with Crippen molar-refractivity contribution >= 4 is 27.5 Å². The highest BCUT2D eigenvalue weighted by Crippen LogP contribution is 2.41. The molecule has 0 radical (unpaired) electrons. The molecule has 0 spiro atoms. The van der Waals surface area contributed by atoms with Crippen molar-refractivity contribution in [1.29, 1.82) is 0 Å². The van der Waals surface area contributed by atoms with Crippen LogP contribution < -0.4 is 15.8 Å². The Bertz CT molecular complexity index is 1060. The van der Waals surface area contributed by atoms with E-state index in [0.29, 0.717) is 5.56 Å². The quantitative estimate of drug-likeness (QED) is 0.417. The van der Waals surface area contributed by atoms with Crippen molar-refractivity contribution in [3.63, 3.8) is 0 Å². The third-order valence-electron chi connectivity index (χ3n) is 5.22. The molecule has 1 aromatic rings. The second-order valence-electron chi connectivity index (χ2n) is 8.41. The van der Waals surface area contributed by atoms with Crippen LogP contribution in [0.25, 0.3) is 0 Å². The van der Waals surface area contributed by atoms with Gasteiger partial charge in [-0.2, -0.15) is 18.2 Å². The second kappa shape index (κ2) is 9.65. The number of rotatable bonds is 8. The number of nitrogens with two attached hydrogens (primary N) is 1. The molecule has 3 N–H and O–H groups in total. The summed E-state index contributed by atoms with van der Waals surface area (Å²) < 4.78 is 68.1. The van der Waals surface area contributed by atoms with Gasteiger partial charge in [-0.15, -0.1) is 0 Å². The highest BCUT2D eigenvalue weighted by Gasteiger charge is 2.40. The minimum atomic E-state index is -4.62. The molecular formula is C20H29F3N4O5S. The van der Waals surface area contributed by atoms with Crippen LogP contribution in [0.4, 0.5) is 13.2 Å². The zero-order valence-corrected chi connectivity index (χ0v) is 19.5. The summed E-state index contributed by atoms with van der Waals surface area (Å²) in [6.07, 6.45) is -2.10. The van der Waals surface area contributed by atoms with E-state index in [-0.39, 0.29) is 18.8 Å². The van der Waals surface area contributed by atoms with Gasteiger partial charge in [0.2, 0.25) is 5.91 Å². The Balaban J connectivity index is 0.00000578. The zero-order valence-electron chi connectivity index (χ0n) is 18.7. The number of nitrogens with zero attached hydrogens (tertiary/aromatic N) is 2. The van der Waals surface area contributed by atoms with E-state index in [1.807, 2.05) is 0 Å². The molecule has 1 aliphatic rings. The lowest BCUT2D eigenvalue weighted by Gasteiger charge is -2.30. The van der Waals surface area contributed by atoms with E-state index in [1.165, 1.54) is 13.1 Å². The maximum absolute atomic E-state index is 13.1. The van der Waals surface area contributed by atoms with Gasteiger partial charge in [-0.1, -0.05) is 6.42 Å². The van der Waals surface area contributed by atoms with E-state index in [9.17, 15) is 31.2 Å². The number of ether oxygens (including phenoxy) is 1. The molecule has 0 bridgehead atoms. The maximum Gasteiger partial charge on any atom is 0.425 e. The van der Waals surface area contributed by atoms with Gasteiger partial charge in [0.05, 0.1) is 5.75 Å². The van der Waals surface area contributed by atoms with Gasteiger partial charge in [-0.25, -0.2) is 8.42 Å². The molecule has 0 aromatic carbocycles. The predicted molar refractivity (Wildman–Crippen MR) is 117 cm³/mol. The summed E-state index contributed by atoms with van der Waals surface area (Å²) >= 11 is 0. The number of hydrogen-bond acceptors (Lipinski definition) is 6. The summed E-state index contributed by atoms with van der Waals surface area (Å²) in [7, 11) is -3.70. The first-order valence-corrected chi connectivity index (χ1v) is 12.2. The van der Waals surface area contributed by atoms with Crippen LogP contribution in [0.3, 0.4) is 0 Å². The number of alkyl halides is 3. The van der Waals surface area contributed by atoms with Crippen LogP contribution in [0, 0.1) is 0 Å². The van der Waals surface area contributed by atoms with Crippen LogP contribution in [0.2, 0.25) is 0 Å². The Kier molecular flexibility index (Phi) is 7.77. The average molecular weight is 495 g/mol. The lowest BCUT2D eigenvalue weighted by atomic mass is 9.80. The van der Waals surface area contributed by atoms with E-state index < -0.39 is 51.1 Å². The van der Waals surface area contributed by atoms with Gasteiger partial charge >= 0.3 is 6.18 Å². The fourth-order valence-corrected chi connectivity index (χ4v) is 4.53. The Morgan fingerprint density at radius 2 is 2.00 bits per heavy atom. The van der Waals surface area contributed by atoms with Gasteiger partial charge in [0, 0.05) is 32.4 Å². The number of halogens is 3. The summed E-state index contributed by atoms with van der Waals surface area (Å²) in [6, 6.07) is 1.09.